The van der Waals surface area contributed by atoms with Gasteiger partial charge in [-0.1, -0.05) is 18.2 Å². The van der Waals surface area contributed by atoms with Gasteiger partial charge in [0.15, 0.2) is 11.5 Å². The van der Waals surface area contributed by atoms with Gasteiger partial charge < -0.3 is 25.1 Å². The maximum Gasteiger partial charge on any atom is 0.331 e. The van der Waals surface area contributed by atoms with E-state index in [0.29, 0.717) is 11.1 Å². The molecule has 3 N–H and O–H groups in total. The van der Waals surface area contributed by atoms with Crippen LogP contribution < -0.4 is 5.32 Å². The molecule has 2 aromatic rings. The molecular weight excluding hydrogens is 396 g/mol. The van der Waals surface area contributed by atoms with E-state index in [1.165, 1.54) is 43.3 Å². The summed E-state index contributed by atoms with van der Waals surface area (Å²) in [6, 6.07) is 10.1. The van der Waals surface area contributed by atoms with Crippen molar-refractivity contribution in [1.82, 2.24) is 5.32 Å². The van der Waals surface area contributed by atoms with E-state index in [2.05, 4.69) is 10.2 Å². The van der Waals surface area contributed by atoms with Gasteiger partial charge in [-0.3, -0.25) is 4.79 Å². The second kappa shape index (κ2) is 9.59. The Bertz CT molecular complexity index is 946. The Morgan fingerprint density at radius 2 is 1.87 bits per heavy atom. The molecule has 0 spiro atoms. The first-order chi connectivity index (χ1) is 14.1. The Balaban J connectivity index is 2.26. The van der Waals surface area contributed by atoms with Gasteiger partial charge in [0.1, 0.15) is 12.1 Å². The van der Waals surface area contributed by atoms with Crippen LogP contribution in [0.1, 0.15) is 35.3 Å². The highest BCUT2D eigenvalue weighted by Gasteiger charge is 2.37. The highest BCUT2D eigenvalue weighted by Crippen LogP contribution is 2.27. The summed E-state index contributed by atoms with van der Waals surface area (Å²) in [4.78, 5) is 40.0. The Labute approximate surface area is 172 Å². The smallest absolute Gasteiger partial charge is 0.331 e. The number of ether oxygens (including phenoxy) is 1. The minimum atomic E-state index is -1.48. The third-order valence-corrected chi connectivity index (χ3v) is 4.24. The third-order valence-electron chi connectivity index (χ3n) is 4.24. The van der Waals surface area contributed by atoms with Gasteiger partial charge in [-0.15, -0.1) is 10.1 Å². The average Bonchev–Trinajstić information content (AvgIpc) is 2.69. The van der Waals surface area contributed by atoms with Gasteiger partial charge >= 0.3 is 5.97 Å². The number of nitrogens with zero attached hydrogens (tertiary/aromatic N) is 1. The van der Waals surface area contributed by atoms with Gasteiger partial charge in [-0.25, -0.2) is 4.79 Å². The van der Waals surface area contributed by atoms with Gasteiger partial charge in [-0.2, -0.15) is 0 Å². The van der Waals surface area contributed by atoms with Gasteiger partial charge in [0.05, 0.1) is 6.61 Å². The number of rotatable bonds is 9. The molecule has 0 aliphatic heterocycles. The molecule has 0 aliphatic rings. The summed E-state index contributed by atoms with van der Waals surface area (Å²) >= 11 is 0. The Kier molecular flexibility index (Phi) is 7.18. The number of benzene rings is 2. The van der Waals surface area contributed by atoms with E-state index < -0.39 is 22.5 Å². The molecule has 1 amide bonds. The molecule has 0 bridgehead atoms. The number of amides is 1. The Morgan fingerprint density at radius 1 is 1.13 bits per heavy atom. The molecule has 2 aromatic carbocycles. The topological polar surface area (TPSA) is 148 Å². The molecule has 10 nitrogen and oxygen atoms in total. The van der Waals surface area contributed by atoms with E-state index in [0.717, 1.165) is 0 Å². The first kappa shape index (κ1) is 22.5. The fourth-order valence-corrected chi connectivity index (χ4v) is 2.80. The van der Waals surface area contributed by atoms with Crippen molar-refractivity contribution < 1.29 is 34.5 Å². The van der Waals surface area contributed by atoms with Crippen LogP contribution in [0.4, 0.5) is 0 Å². The molecule has 0 saturated heterocycles. The largest absolute Gasteiger partial charge is 0.504 e. The number of carbonyl (C=O) groups excluding carboxylic acids is 2. The lowest BCUT2D eigenvalue weighted by Crippen LogP contribution is -2.54. The van der Waals surface area contributed by atoms with E-state index >= 15 is 0 Å². The summed E-state index contributed by atoms with van der Waals surface area (Å²) in [6.45, 7) is 2.88. The van der Waals surface area contributed by atoms with Gasteiger partial charge in [0, 0.05) is 12.0 Å². The van der Waals surface area contributed by atoms with Crippen LogP contribution in [0.2, 0.25) is 0 Å². The van der Waals surface area contributed by atoms with Gasteiger partial charge in [0.2, 0.25) is 0 Å². The Hall–Kier alpha value is -3.82. The number of phenolic OH excluding ortho intramolecular Hbond substituents is 2. The van der Waals surface area contributed by atoms with Crippen molar-refractivity contribution in [1.29, 1.82) is 0 Å². The normalized spacial score (nSPS) is 12.5. The van der Waals surface area contributed by atoms with Crippen molar-refractivity contribution in [2.75, 3.05) is 6.61 Å². The molecule has 1 atom stereocenters. The monoisotopic (exact) mass is 418 g/mol. The van der Waals surface area contributed by atoms with E-state index in [1.807, 2.05) is 0 Å². The van der Waals surface area contributed by atoms with Crippen LogP contribution in [0.5, 0.6) is 11.5 Å². The van der Waals surface area contributed by atoms with Crippen molar-refractivity contribution >= 4 is 11.9 Å². The van der Waals surface area contributed by atoms with E-state index in [-0.39, 0.29) is 36.7 Å². The lowest BCUT2D eigenvalue weighted by atomic mass is 9.92. The van der Waals surface area contributed by atoms with E-state index in [1.54, 1.807) is 13.0 Å². The SMILES string of the molecule is CCOC(=O)C(C)(Cc1ccc(O)c(O)c1)NC(=O)c1cccc(CO[N+](=O)[O-])c1. The van der Waals surface area contributed by atoms with Crippen LogP contribution in [0.15, 0.2) is 42.5 Å². The van der Waals surface area contributed by atoms with Crippen LogP contribution in [-0.4, -0.2) is 39.3 Å². The lowest BCUT2D eigenvalue weighted by molar-refractivity contribution is -0.763. The van der Waals surface area contributed by atoms with Crippen molar-refractivity contribution in [2.45, 2.75) is 32.4 Å². The summed E-state index contributed by atoms with van der Waals surface area (Å²) in [5.74, 6) is -1.95. The van der Waals surface area contributed by atoms with Crippen molar-refractivity contribution in [3.05, 3.63) is 69.3 Å². The number of hydrogen-bond donors (Lipinski definition) is 3. The highest BCUT2D eigenvalue weighted by atomic mass is 16.9. The zero-order chi connectivity index (χ0) is 22.3. The van der Waals surface area contributed by atoms with Crippen LogP contribution in [0, 0.1) is 10.1 Å². The van der Waals surface area contributed by atoms with Crippen molar-refractivity contribution in [3.8, 4) is 11.5 Å². The number of carbonyl (C=O) groups is 2. The molecule has 30 heavy (non-hydrogen) atoms. The minimum Gasteiger partial charge on any atom is -0.504 e. The summed E-state index contributed by atoms with van der Waals surface area (Å²) in [5, 5.41) is 31.2. The standard InChI is InChI=1S/C20H22N2O8/c1-3-29-19(26)20(2,11-13-7-8-16(23)17(24)10-13)21-18(25)15-6-4-5-14(9-15)12-30-22(27)28/h4-10,23-24H,3,11-12H2,1-2H3,(H,21,25). The number of nitrogens with one attached hydrogen (secondary N) is 1. The molecule has 160 valence electrons. The average molecular weight is 418 g/mol. The second-order valence-corrected chi connectivity index (χ2v) is 6.70. The lowest BCUT2D eigenvalue weighted by Gasteiger charge is -2.29. The summed E-state index contributed by atoms with van der Waals surface area (Å²) in [7, 11) is 0. The fraction of sp³-hybridized carbons (Fsp3) is 0.300. The quantitative estimate of drug-likeness (QED) is 0.243. The molecule has 0 radical (unpaired) electrons. The predicted octanol–water partition coefficient (Wildman–Crippen LogP) is 2.10. The van der Waals surface area contributed by atoms with Crippen molar-refractivity contribution in [3.63, 3.8) is 0 Å². The summed E-state index contributed by atoms with van der Waals surface area (Å²) < 4.78 is 5.10. The molecule has 2 rings (SSSR count). The van der Waals surface area contributed by atoms with Crippen molar-refractivity contribution in [2.24, 2.45) is 0 Å². The molecule has 0 heterocycles. The third kappa shape index (κ3) is 5.84. The van der Waals surface area contributed by atoms with E-state index in [4.69, 9.17) is 4.74 Å². The first-order valence-corrected chi connectivity index (χ1v) is 9.01. The first-order valence-electron chi connectivity index (χ1n) is 9.01. The predicted molar refractivity (Wildman–Crippen MR) is 104 cm³/mol. The molecule has 0 saturated carbocycles. The highest BCUT2D eigenvalue weighted by molar-refractivity contribution is 5.98. The van der Waals surface area contributed by atoms with Gasteiger partial charge in [0.25, 0.3) is 11.0 Å². The number of aromatic hydroxyl groups is 2. The number of esters is 1. The molecule has 0 aliphatic carbocycles. The minimum absolute atomic E-state index is 0.0183. The molecule has 0 fully saturated rings. The van der Waals surface area contributed by atoms with E-state index in [9.17, 15) is 29.9 Å². The number of phenols is 2. The van der Waals surface area contributed by atoms with Crippen LogP contribution >= 0.6 is 0 Å². The fourth-order valence-electron chi connectivity index (χ4n) is 2.80. The molecular formula is C20H22N2O8. The van der Waals surface area contributed by atoms with Crippen LogP contribution in [-0.2, 0) is 27.4 Å². The van der Waals surface area contributed by atoms with Crippen LogP contribution in [0.25, 0.3) is 0 Å². The molecule has 0 aromatic heterocycles. The maximum atomic E-state index is 12.8. The zero-order valence-corrected chi connectivity index (χ0v) is 16.5. The van der Waals surface area contributed by atoms with Gasteiger partial charge in [-0.05, 0) is 49.2 Å². The second-order valence-electron chi connectivity index (χ2n) is 6.70. The molecule has 1 unspecified atom stereocenters. The summed E-state index contributed by atoms with van der Waals surface area (Å²) in [5.41, 5.74) is -0.428. The maximum absolute atomic E-state index is 12.8. The summed E-state index contributed by atoms with van der Waals surface area (Å²) in [6.07, 6.45) is -0.0183. The zero-order valence-electron chi connectivity index (χ0n) is 16.5. The molecule has 10 heteroatoms. The number of hydrogen-bond acceptors (Lipinski definition) is 8. The Morgan fingerprint density at radius 3 is 2.50 bits per heavy atom. The van der Waals surface area contributed by atoms with Crippen LogP contribution in [0.3, 0.4) is 0 Å².